The van der Waals surface area contributed by atoms with Crippen LogP contribution in [-0.2, 0) is 11.3 Å². The Labute approximate surface area is 124 Å². The number of nitrogens with zero attached hydrogens (tertiary/aromatic N) is 3. The number of benzene rings is 1. The van der Waals surface area contributed by atoms with Gasteiger partial charge >= 0.3 is 0 Å². The van der Waals surface area contributed by atoms with E-state index in [9.17, 15) is 14.9 Å². The van der Waals surface area contributed by atoms with Gasteiger partial charge in [-0.1, -0.05) is 12.1 Å². The van der Waals surface area contributed by atoms with Crippen LogP contribution in [0.5, 0.6) is 0 Å². The van der Waals surface area contributed by atoms with Crippen LogP contribution in [0.3, 0.4) is 0 Å². The Morgan fingerprint density at radius 3 is 2.67 bits per heavy atom. The summed E-state index contributed by atoms with van der Waals surface area (Å²) in [5, 5.41) is 10.9. The first-order chi connectivity index (χ1) is 9.99. The maximum atomic E-state index is 12.1. The maximum absolute atomic E-state index is 12.1. The molecule has 1 aliphatic rings. The van der Waals surface area contributed by atoms with Crippen molar-refractivity contribution in [2.24, 2.45) is 0 Å². The molecular weight excluding hydrogens is 270 g/mol. The van der Waals surface area contributed by atoms with Crippen LogP contribution in [-0.4, -0.2) is 47.3 Å². The van der Waals surface area contributed by atoms with Crippen molar-refractivity contribution in [3.63, 3.8) is 0 Å². The first kappa shape index (κ1) is 15.4. The van der Waals surface area contributed by atoms with Gasteiger partial charge < -0.3 is 4.90 Å². The highest BCUT2D eigenvalue weighted by Crippen LogP contribution is 2.22. The van der Waals surface area contributed by atoms with E-state index in [0.29, 0.717) is 18.7 Å². The summed E-state index contributed by atoms with van der Waals surface area (Å²) in [6, 6.07) is 5.07. The predicted molar refractivity (Wildman–Crippen MR) is 80.0 cm³/mol. The molecule has 0 radical (unpaired) electrons. The Bertz CT molecular complexity index is 539. The van der Waals surface area contributed by atoms with E-state index >= 15 is 0 Å². The van der Waals surface area contributed by atoms with Crippen molar-refractivity contribution in [3.05, 3.63) is 39.4 Å². The highest BCUT2D eigenvalue weighted by molar-refractivity contribution is 5.78. The number of hydrogen-bond donors (Lipinski definition) is 0. The fraction of sp³-hybridized carbons (Fsp3) is 0.533. The van der Waals surface area contributed by atoms with Gasteiger partial charge in [-0.15, -0.1) is 0 Å². The van der Waals surface area contributed by atoms with Crippen LogP contribution in [0.1, 0.15) is 24.0 Å². The molecule has 0 aromatic heterocycles. The van der Waals surface area contributed by atoms with Crippen molar-refractivity contribution in [1.29, 1.82) is 0 Å². The highest BCUT2D eigenvalue weighted by atomic mass is 16.6. The second-order valence-corrected chi connectivity index (χ2v) is 5.58. The third-order valence-electron chi connectivity index (χ3n) is 3.92. The van der Waals surface area contributed by atoms with Crippen LogP contribution in [0.4, 0.5) is 5.69 Å². The normalized spacial score (nSPS) is 14.7. The number of likely N-dealkylation sites (tertiary alicyclic amines) is 1. The van der Waals surface area contributed by atoms with Crippen LogP contribution < -0.4 is 0 Å². The summed E-state index contributed by atoms with van der Waals surface area (Å²) in [5.41, 5.74) is 1.69. The number of hydrogen-bond acceptors (Lipinski definition) is 4. The molecule has 1 aromatic rings. The van der Waals surface area contributed by atoms with Crippen LogP contribution in [0.25, 0.3) is 0 Å². The molecule has 1 saturated heterocycles. The zero-order valence-electron chi connectivity index (χ0n) is 12.5. The lowest BCUT2D eigenvalue weighted by Crippen LogP contribution is -2.37. The topological polar surface area (TPSA) is 66.7 Å². The van der Waals surface area contributed by atoms with Crippen molar-refractivity contribution >= 4 is 11.6 Å². The second kappa shape index (κ2) is 6.67. The van der Waals surface area contributed by atoms with E-state index in [1.165, 1.54) is 6.07 Å². The van der Waals surface area contributed by atoms with E-state index in [0.717, 1.165) is 31.5 Å². The molecule has 21 heavy (non-hydrogen) atoms. The van der Waals surface area contributed by atoms with E-state index in [1.54, 1.807) is 13.0 Å². The summed E-state index contributed by atoms with van der Waals surface area (Å²) in [6.07, 6.45) is 2.17. The maximum Gasteiger partial charge on any atom is 0.272 e. The molecule has 1 aliphatic heterocycles. The molecule has 0 bridgehead atoms. The quantitative estimate of drug-likeness (QED) is 0.614. The molecular formula is C15H21N3O3. The Balaban J connectivity index is 1.99. The van der Waals surface area contributed by atoms with Gasteiger partial charge in [0.25, 0.3) is 5.69 Å². The Kier molecular flexibility index (Phi) is 4.90. The van der Waals surface area contributed by atoms with Gasteiger partial charge in [-0.3, -0.25) is 19.8 Å². The minimum Gasteiger partial charge on any atom is -0.342 e. The first-order valence-electron chi connectivity index (χ1n) is 7.18. The highest BCUT2D eigenvalue weighted by Gasteiger charge is 2.20. The third kappa shape index (κ3) is 3.78. The molecule has 0 unspecified atom stereocenters. The van der Waals surface area contributed by atoms with Crippen molar-refractivity contribution in [3.8, 4) is 0 Å². The molecule has 0 saturated carbocycles. The first-order valence-corrected chi connectivity index (χ1v) is 7.18. The monoisotopic (exact) mass is 291 g/mol. The third-order valence-corrected chi connectivity index (χ3v) is 3.92. The molecule has 114 valence electrons. The minimum absolute atomic E-state index is 0.131. The SMILES string of the molecule is Cc1c(CN(C)CC(=O)N2CCCC2)cccc1[N+](=O)[O-]. The number of nitro groups is 1. The molecule has 1 amide bonds. The number of likely N-dealkylation sites (N-methyl/N-ethyl adjacent to an activating group) is 1. The van der Waals surface area contributed by atoms with Gasteiger partial charge in [-0.25, -0.2) is 0 Å². The van der Waals surface area contributed by atoms with Crippen molar-refractivity contribution in [1.82, 2.24) is 9.80 Å². The standard InChI is InChI=1S/C15H21N3O3/c1-12-13(6-5-7-14(12)18(20)21)10-16(2)11-15(19)17-8-3-4-9-17/h5-7H,3-4,8-11H2,1-2H3. The molecule has 6 nitrogen and oxygen atoms in total. The number of carbonyl (C=O) groups excluding carboxylic acids is 1. The van der Waals surface area contributed by atoms with Crippen molar-refractivity contribution in [2.75, 3.05) is 26.7 Å². The average molecular weight is 291 g/mol. The van der Waals surface area contributed by atoms with E-state index in [-0.39, 0.29) is 16.5 Å². The molecule has 0 spiro atoms. The van der Waals surface area contributed by atoms with E-state index < -0.39 is 0 Å². The molecule has 1 heterocycles. The minimum atomic E-state index is -0.367. The summed E-state index contributed by atoms with van der Waals surface area (Å²) in [4.78, 5) is 26.5. The zero-order chi connectivity index (χ0) is 15.4. The number of rotatable bonds is 5. The molecule has 2 rings (SSSR count). The lowest BCUT2D eigenvalue weighted by atomic mass is 10.1. The molecule has 1 fully saturated rings. The average Bonchev–Trinajstić information content (AvgIpc) is 2.94. The molecule has 0 N–H and O–H groups in total. The smallest absolute Gasteiger partial charge is 0.272 e. The zero-order valence-corrected chi connectivity index (χ0v) is 12.5. The number of carbonyl (C=O) groups is 1. The lowest BCUT2D eigenvalue weighted by Gasteiger charge is -2.21. The van der Waals surface area contributed by atoms with Gasteiger partial charge in [0.15, 0.2) is 0 Å². The fourth-order valence-corrected chi connectivity index (χ4v) is 2.68. The van der Waals surface area contributed by atoms with Gasteiger partial charge in [0, 0.05) is 31.3 Å². The van der Waals surface area contributed by atoms with Crippen LogP contribution >= 0.6 is 0 Å². The summed E-state index contributed by atoms with van der Waals surface area (Å²) in [5.74, 6) is 0.137. The Hall–Kier alpha value is -1.95. The van der Waals surface area contributed by atoms with Gasteiger partial charge in [0.1, 0.15) is 0 Å². The number of amides is 1. The van der Waals surface area contributed by atoms with E-state index in [2.05, 4.69) is 0 Å². The number of nitro benzene ring substituents is 1. The molecule has 0 atom stereocenters. The van der Waals surface area contributed by atoms with Crippen LogP contribution in [0.15, 0.2) is 18.2 Å². The van der Waals surface area contributed by atoms with Gasteiger partial charge in [-0.2, -0.15) is 0 Å². The summed E-state index contributed by atoms with van der Waals surface area (Å²) >= 11 is 0. The lowest BCUT2D eigenvalue weighted by molar-refractivity contribution is -0.385. The van der Waals surface area contributed by atoms with Gasteiger partial charge in [0.2, 0.25) is 5.91 Å². The Morgan fingerprint density at radius 1 is 1.38 bits per heavy atom. The van der Waals surface area contributed by atoms with E-state index in [4.69, 9.17) is 0 Å². The fourth-order valence-electron chi connectivity index (χ4n) is 2.68. The summed E-state index contributed by atoms with van der Waals surface area (Å²) < 4.78 is 0. The van der Waals surface area contributed by atoms with Crippen molar-refractivity contribution < 1.29 is 9.72 Å². The van der Waals surface area contributed by atoms with E-state index in [1.807, 2.05) is 22.9 Å². The largest absolute Gasteiger partial charge is 0.342 e. The van der Waals surface area contributed by atoms with Gasteiger partial charge in [0.05, 0.1) is 11.5 Å². The second-order valence-electron chi connectivity index (χ2n) is 5.58. The molecule has 0 aliphatic carbocycles. The predicted octanol–water partition coefficient (Wildman–Crippen LogP) is 1.96. The van der Waals surface area contributed by atoms with Crippen molar-refractivity contribution in [2.45, 2.75) is 26.3 Å². The molecule has 6 heteroatoms. The van der Waals surface area contributed by atoms with Crippen LogP contribution in [0.2, 0.25) is 0 Å². The van der Waals surface area contributed by atoms with Gasteiger partial charge in [-0.05, 0) is 32.4 Å². The van der Waals surface area contributed by atoms with Crippen LogP contribution in [0, 0.1) is 17.0 Å². The molecule has 1 aromatic carbocycles. The summed E-state index contributed by atoms with van der Waals surface area (Å²) in [7, 11) is 1.87. The summed E-state index contributed by atoms with van der Waals surface area (Å²) in [6.45, 7) is 4.34. The Morgan fingerprint density at radius 2 is 2.05 bits per heavy atom.